The number of phenolic OH excluding ortho intramolecular Hbond substituents is 1. The van der Waals surface area contributed by atoms with Crippen molar-refractivity contribution in [1.29, 1.82) is 0 Å². The van der Waals surface area contributed by atoms with Crippen LogP contribution in [0.25, 0.3) is 0 Å². The highest BCUT2D eigenvalue weighted by molar-refractivity contribution is 5.96. The van der Waals surface area contributed by atoms with Crippen molar-refractivity contribution in [2.75, 3.05) is 26.3 Å². The van der Waals surface area contributed by atoms with Gasteiger partial charge < -0.3 is 14.7 Å². The molecule has 1 aromatic rings. The molecule has 5 heteroatoms. The number of amides is 1. The highest BCUT2D eigenvalue weighted by Gasteiger charge is 2.20. The molecule has 1 aliphatic rings. The molecule has 1 aromatic carbocycles. The van der Waals surface area contributed by atoms with Crippen LogP contribution in [0.5, 0.6) is 5.75 Å². The van der Waals surface area contributed by atoms with E-state index >= 15 is 0 Å². The van der Waals surface area contributed by atoms with E-state index in [0.29, 0.717) is 26.3 Å². The molecule has 1 saturated heterocycles. The third kappa shape index (κ3) is 2.74. The summed E-state index contributed by atoms with van der Waals surface area (Å²) in [4.78, 5) is 13.6. The minimum Gasteiger partial charge on any atom is -0.507 e. The molecular formula is C12H14FNO3. The minimum atomic E-state index is -0.530. The number of nitrogens with zero attached hydrogens (tertiary/aromatic N) is 1. The first kappa shape index (κ1) is 11.9. The molecule has 0 radical (unpaired) electrons. The Balaban J connectivity index is 2.20. The molecule has 0 saturated carbocycles. The summed E-state index contributed by atoms with van der Waals surface area (Å²) in [6.07, 6.45) is 0.752. The molecule has 0 spiro atoms. The summed E-state index contributed by atoms with van der Waals surface area (Å²) in [7, 11) is 0. The second kappa shape index (κ2) is 5.14. The van der Waals surface area contributed by atoms with Crippen LogP contribution in [-0.4, -0.2) is 42.2 Å². The van der Waals surface area contributed by atoms with Crippen molar-refractivity contribution in [2.24, 2.45) is 0 Å². The Bertz CT molecular complexity index is 414. The lowest BCUT2D eigenvalue weighted by molar-refractivity contribution is 0.0738. The molecular weight excluding hydrogens is 225 g/mol. The van der Waals surface area contributed by atoms with Crippen LogP contribution in [0.3, 0.4) is 0 Å². The van der Waals surface area contributed by atoms with Crippen LogP contribution in [0, 0.1) is 5.82 Å². The Morgan fingerprint density at radius 2 is 2.18 bits per heavy atom. The van der Waals surface area contributed by atoms with E-state index in [-0.39, 0.29) is 17.2 Å². The summed E-state index contributed by atoms with van der Waals surface area (Å²) in [5.74, 6) is -1.08. The van der Waals surface area contributed by atoms with Gasteiger partial charge in [-0.15, -0.1) is 0 Å². The van der Waals surface area contributed by atoms with Crippen molar-refractivity contribution >= 4 is 5.91 Å². The first-order valence-electron chi connectivity index (χ1n) is 5.54. The third-order valence-corrected chi connectivity index (χ3v) is 2.70. The van der Waals surface area contributed by atoms with E-state index < -0.39 is 5.82 Å². The molecule has 0 aromatic heterocycles. The summed E-state index contributed by atoms with van der Waals surface area (Å²) in [6.45, 7) is 2.13. The second-order valence-electron chi connectivity index (χ2n) is 3.92. The number of hydrogen-bond acceptors (Lipinski definition) is 3. The Labute approximate surface area is 98.6 Å². The van der Waals surface area contributed by atoms with Crippen molar-refractivity contribution in [3.8, 4) is 5.75 Å². The van der Waals surface area contributed by atoms with Gasteiger partial charge in [0, 0.05) is 19.7 Å². The Morgan fingerprint density at radius 3 is 3.00 bits per heavy atom. The van der Waals surface area contributed by atoms with Gasteiger partial charge in [0.05, 0.1) is 12.2 Å². The normalized spacial score (nSPS) is 16.6. The average Bonchev–Trinajstić information content (AvgIpc) is 2.60. The van der Waals surface area contributed by atoms with E-state index in [1.54, 1.807) is 4.90 Å². The van der Waals surface area contributed by atoms with Crippen molar-refractivity contribution in [2.45, 2.75) is 6.42 Å². The molecule has 0 atom stereocenters. The van der Waals surface area contributed by atoms with E-state index in [4.69, 9.17) is 4.74 Å². The van der Waals surface area contributed by atoms with Crippen LogP contribution in [-0.2, 0) is 4.74 Å². The summed E-state index contributed by atoms with van der Waals surface area (Å²) in [5, 5.41) is 9.56. The summed E-state index contributed by atoms with van der Waals surface area (Å²) in [5.41, 5.74) is 0.00639. The maximum atomic E-state index is 13.0. The predicted molar refractivity (Wildman–Crippen MR) is 59.4 cm³/mol. The molecule has 17 heavy (non-hydrogen) atoms. The summed E-state index contributed by atoms with van der Waals surface area (Å²) in [6, 6.07) is 3.37. The number of hydrogen-bond donors (Lipinski definition) is 1. The van der Waals surface area contributed by atoms with Gasteiger partial charge in [0.25, 0.3) is 5.91 Å². The lowest BCUT2D eigenvalue weighted by Crippen LogP contribution is -2.33. The number of carbonyl (C=O) groups is 1. The Morgan fingerprint density at radius 1 is 1.35 bits per heavy atom. The quantitative estimate of drug-likeness (QED) is 0.805. The SMILES string of the molecule is O=C(c1cc(F)ccc1O)N1CCCOCC1. The lowest BCUT2D eigenvalue weighted by Gasteiger charge is -2.20. The first-order chi connectivity index (χ1) is 8.18. The summed E-state index contributed by atoms with van der Waals surface area (Å²) >= 11 is 0. The highest BCUT2D eigenvalue weighted by Crippen LogP contribution is 2.20. The lowest BCUT2D eigenvalue weighted by atomic mass is 10.1. The van der Waals surface area contributed by atoms with E-state index in [1.165, 1.54) is 6.07 Å². The van der Waals surface area contributed by atoms with Crippen LogP contribution < -0.4 is 0 Å². The number of rotatable bonds is 1. The molecule has 1 fully saturated rings. The smallest absolute Gasteiger partial charge is 0.257 e. The van der Waals surface area contributed by atoms with Crippen molar-refractivity contribution < 1.29 is 19.0 Å². The largest absolute Gasteiger partial charge is 0.507 e. The van der Waals surface area contributed by atoms with Crippen LogP contribution >= 0.6 is 0 Å². The zero-order valence-electron chi connectivity index (χ0n) is 9.36. The molecule has 0 aliphatic carbocycles. The standard InChI is InChI=1S/C12H14FNO3/c13-9-2-3-11(15)10(8-9)12(16)14-4-1-6-17-7-5-14/h2-3,8,15H,1,4-7H2. The fourth-order valence-corrected chi connectivity index (χ4v) is 1.80. The zero-order chi connectivity index (χ0) is 12.3. The van der Waals surface area contributed by atoms with Gasteiger partial charge in [-0.3, -0.25) is 4.79 Å². The van der Waals surface area contributed by atoms with Crippen molar-refractivity contribution in [3.05, 3.63) is 29.6 Å². The molecule has 4 nitrogen and oxygen atoms in total. The molecule has 2 rings (SSSR count). The zero-order valence-corrected chi connectivity index (χ0v) is 9.36. The molecule has 0 bridgehead atoms. The molecule has 1 aliphatic heterocycles. The number of aromatic hydroxyl groups is 1. The monoisotopic (exact) mass is 239 g/mol. The molecule has 1 heterocycles. The van der Waals surface area contributed by atoms with Crippen LogP contribution in [0.4, 0.5) is 4.39 Å². The van der Waals surface area contributed by atoms with Gasteiger partial charge in [-0.2, -0.15) is 0 Å². The molecule has 1 N–H and O–H groups in total. The average molecular weight is 239 g/mol. The first-order valence-corrected chi connectivity index (χ1v) is 5.54. The van der Waals surface area contributed by atoms with E-state index in [0.717, 1.165) is 18.6 Å². The Kier molecular flexibility index (Phi) is 3.58. The number of ether oxygens (including phenoxy) is 1. The van der Waals surface area contributed by atoms with Crippen LogP contribution in [0.15, 0.2) is 18.2 Å². The maximum absolute atomic E-state index is 13.0. The molecule has 0 unspecified atom stereocenters. The maximum Gasteiger partial charge on any atom is 0.257 e. The molecule has 92 valence electrons. The van der Waals surface area contributed by atoms with Gasteiger partial charge in [-0.05, 0) is 24.6 Å². The van der Waals surface area contributed by atoms with E-state index in [1.807, 2.05) is 0 Å². The van der Waals surface area contributed by atoms with Gasteiger partial charge >= 0.3 is 0 Å². The van der Waals surface area contributed by atoms with Crippen molar-refractivity contribution in [3.63, 3.8) is 0 Å². The minimum absolute atomic E-state index is 0.00639. The fraction of sp³-hybridized carbons (Fsp3) is 0.417. The summed E-state index contributed by atoms with van der Waals surface area (Å²) < 4.78 is 18.3. The second-order valence-corrected chi connectivity index (χ2v) is 3.92. The highest BCUT2D eigenvalue weighted by atomic mass is 19.1. The van der Waals surface area contributed by atoms with E-state index in [9.17, 15) is 14.3 Å². The van der Waals surface area contributed by atoms with Crippen LogP contribution in [0.1, 0.15) is 16.8 Å². The van der Waals surface area contributed by atoms with Crippen molar-refractivity contribution in [1.82, 2.24) is 4.90 Å². The number of halogens is 1. The number of phenols is 1. The third-order valence-electron chi connectivity index (χ3n) is 2.70. The van der Waals surface area contributed by atoms with Gasteiger partial charge in [0.1, 0.15) is 11.6 Å². The van der Waals surface area contributed by atoms with E-state index in [2.05, 4.69) is 0 Å². The van der Waals surface area contributed by atoms with Gasteiger partial charge in [-0.25, -0.2) is 4.39 Å². The number of carbonyl (C=O) groups excluding carboxylic acids is 1. The predicted octanol–water partition coefficient (Wildman–Crippen LogP) is 1.39. The van der Waals surface area contributed by atoms with Gasteiger partial charge in [0.15, 0.2) is 0 Å². The van der Waals surface area contributed by atoms with Gasteiger partial charge in [-0.1, -0.05) is 0 Å². The Hall–Kier alpha value is -1.62. The van der Waals surface area contributed by atoms with Gasteiger partial charge in [0.2, 0.25) is 0 Å². The number of benzene rings is 1. The van der Waals surface area contributed by atoms with Crippen LogP contribution in [0.2, 0.25) is 0 Å². The fourth-order valence-electron chi connectivity index (χ4n) is 1.80. The molecule has 1 amide bonds. The topological polar surface area (TPSA) is 49.8 Å².